The number of rotatable bonds is 1. The Hall–Kier alpha value is -1.73. The van der Waals surface area contributed by atoms with Gasteiger partial charge < -0.3 is 14.6 Å². The molecule has 0 bridgehead atoms. The van der Waals surface area contributed by atoms with Crippen LogP contribution in [-0.2, 0) is 16.3 Å². The zero-order valence-corrected chi connectivity index (χ0v) is 13.0. The standard InChI is InChI=1S/C14H20F3N3O2/c1-12(2,3)22-11(21)20-6-5-13(4,8-20)10-18-7-9(19-10)14(15,16)17/h7H,5-6,8H2,1-4H3,(H,18,19). The van der Waals surface area contributed by atoms with Gasteiger partial charge in [-0.1, -0.05) is 6.92 Å². The Labute approximate surface area is 126 Å². The monoisotopic (exact) mass is 319 g/mol. The first kappa shape index (κ1) is 16.6. The summed E-state index contributed by atoms with van der Waals surface area (Å²) in [5, 5.41) is 0. The number of imidazole rings is 1. The quantitative estimate of drug-likeness (QED) is 0.864. The van der Waals surface area contributed by atoms with Crippen LogP contribution < -0.4 is 0 Å². The van der Waals surface area contributed by atoms with Crippen LogP contribution in [0.2, 0.25) is 0 Å². The molecule has 2 rings (SSSR count). The van der Waals surface area contributed by atoms with Crippen molar-refractivity contribution in [2.24, 2.45) is 0 Å². The number of amides is 1. The topological polar surface area (TPSA) is 58.2 Å². The summed E-state index contributed by atoms with van der Waals surface area (Å²) >= 11 is 0. The van der Waals surface area contributed by atoms with E-state index in [2.05, 4.69) is 9.97 Å². The summed E-state index contributed by atoms with van der Waals surface area (Å²) in [7, 11) is 0. The first-order valence-corrected chi connectivity index (χ1v) is 7.01. The van der Waals surface area contributed by atoms with E-state index in [0.29, 0.717) is 13.0 Å². The number of carbonyl (C=O) groups excluding carboxylic acids is 1. The molecule has 1 aromatic rings. The molecule has 1 N–H and O–H groups in total. The van der Waals surface area contributed by atoms with Crippen LogP contribution in [0.1, 0.15) is 45.6 Å². The smallest absolute Gasteiger partial charge is 0.432 e. The predicted octanol–water partition coefficient (Wildman–Crippen LogP) is 3.33. The summed E-state index contributed by atoms with van der Waals surface area (Å²) in [6.45, 7) is 7.78. The molecule has 124 valence electrons. The van der Waals surface area contributed by atoms with E-state index in [4.69, 9.17) is 4.74 Å². The van der Waals surface area contributed by atoms with Crippen LogP contribution in [0.3, 0.4) is 0 Å². The van der Waals surface area contributed by atoms with Gasteiger partial charge in [-0.3, -0.25) is 0 Å². The number of halogens is 3. The zero-order valence-electron chi connectivity index (χ0n) is 13.0. The van der Waals surface area contributed by atoms with Crippen LogP contribution in [0, 0.1) is 0 Å². The van der Waals surface area contributed by atoms with Crippen molar-refractivity contribution in [3.8, 4) is 0 Å². The van der Waals surface area contributed by atoms with E-state index < -0.39 is 29.0 Å². The number of carbonyl (C=O) groups is 1. The molecule has 0 radical (unpaired) electrons. The average molecular weight is 319 g/mol. The van der Waals surface area contributed by atoms with Crippen LogP contribution in [0.4, 0.5) is 18.0 Å². The molecule has 0 spiro atoms. The number of nitrogens with one attached hydrogen (secondary N) is 1. The number of likely N-dealkylation sites (tertiary alicyclic amines) is 1. The largest absolute Gasteiger partial charge is 0.444 e. The summed E-state index contributed by atoms with van der Waals surface area (Å²) in [5.41, 5.74) is -2.12. The molecule has 8 heteroatoms. The van der Waals surface area contributed by atoms with Crippen LogP contribution in [0.25, 0.3) is 0 Å². The van der Waals surface area contributed by atoms with E-state index in [9.17, 15) is 18.0 Å². The average Bonchev–Trinajstić information content (AvgIpc) is 2.92. The van der Waals surface area contributed by atoms with Crippen LogP contribution in [0.15, 0.2) is 6.20 Å². The van der Waals surface area contributed by atoms with Crippen molar-refractivity contribution >= 4 is 6.09 Å². The molecule has 1 atom stereocenters. The number of aromatic amines is 1. The van der Waals surface area contributed by atoms with Gasteiger partial charge in [-0.2, -0.15) is 13.2 Å². The van der Waals surface area contributed by atoms with Crippen molar-refractivity contribution < 1.29 is 22.7 Å². The number of ether oxygens (including phenoxy) is 1. The van der Waals surface area contributed by atoms with Gasteiger partial charge in [-0.25, -0.2) is 9.78 Å². The summed E-state index contributed by atoms with van der Waals surface area (Å²) in [5.74, 6) is 0.242. The van der Waals surface area contributed by atoms with Crippen molar-refractivity contribution in [3.63, 3.8) is 0 Å². The van der Waals surface area contributed by atoms with Gasteiger partial charge in [0.05, 0.1) is 6.20 Å². The van der Waals surface area contributed by atoms with Gasteiger partial charge in [0.15, 0.2) is 0 Å². The highest BCUT2D eigenvalue weighted by Crippen LogP contribution is 2.35. The second kappa shape index (κ2) is 5.17. The molecule has 0 aliphatic carbocycles. The maximum Gasteiger partial charge on any atom is 0.432 e. The number of alkyl halides is 3. The Kier molecular flexibility index (Phi) is 3.91. The summed E-state index contributed by atoms with van der Waals surface area (Å²) in [6.07, 6.45) is -3.60. The van der Waals surface area contributed by atoms with E-state index in [1.807, 2.05) is 0 Å². The molecule has 0 aromatic carbocycles. The van der Waals surface area contributed by atoms with Crippen molar-refractivity contribution in [2.45, 2.75) is 51.3 Å². The molecule has 5 nitrogen and oxygen atoms in total. The van der Waals surface area contributed by atoms with Crippen molar-refractivity contribution in [1.82, 2.24) is 14.9 Å². The van der Waals surface area contributed by atoms with Crippen LogP contribution >= 0.6 is 0 Å². The van der Waals surface area contributed by atoms with Crippen LogP contribution in [-0.4, -0.2) is 39.7 Å². The summed E-state index contributed by atoms with van der Waals surface area (Å²) in [6, 6.07) is 0. The maximum absolute atomic E-state index is 12.6. The molecule has 2 heterocycles. The van der Waals surface area contributed by atoms with E-state index in [1.165, 1.54) is 4.90 Å². The molecule has 1 saturated heterocycles. The molecule has 1 unspecified atom stereocenters. The highest BCUT2D eigenvalue weighted by Gasteiger charge is 2.42. The molecule has 1 aliphatic rings. The van der Waals surface area contributed by atoms with Crippen LogP contribution in [0.5, 0.6) is 0 Å². The Bertz CT molecular complexity index is 562. The molecule has 1 aromatic heterocycles. The third kappa shape index (κ3) is 3.53. The van der Waals surface area contributed by atoms with Crippen molar-refractivity contribution in [1.29, 1.82) is 0 Å². The SMILES string of the molecule is CC(C)(C)OC(=O)N1CCC(C)(c2ncc(C(F)(F)F)[nH]2)C1. The minimum absolute atomic E-state index is 0.242. The lowest BCUT2D eigenvalue weighted by Gasteiger charge is -2.26. The highest BCUT2D eigenvalue weighted by molar-refractivity contribution is 5.68. The minimum atomic E-state index is -4.45. The predicted molar refractivity (Wildman–Crippen MR) is 73.4 cm³/mol. The number of nitrogens with zero attached hydrogens (tertiary/aromatic N) is 2. The number of H-pyrrole nitrogens is 1. The lowest BCUT2D eigenvalue weighted by atomic mass is 9.89. The molecular formula is C14H20F3N3O2. The normalized spacial score (nSPS) is 23.0. The fraction of sp³-hybridized carbons (Fsp3) is 0.714. The van der Waals surface area contributed by atoms with Gasteiger partial charge in [-0.05, 0) is 27.2 Å². The number of hydrogen-bond acceptors (Lipinski definition) is 3. The number of hydrogen-bond donors (Lipinski definition) is 1. The lowest BCUT2D eigenvalue weighted by Crippen LogP contribution is -2.37. The second-order valence-corrected chi connectivity index (χ2v) is 6.86. The maximum atomic E-state index is 12.6. The van der Waals surface area contributed by atoms with Crippen molar-refractivity contribution in [2.75, 3.05) is 13.1 Å². The molecule has 1 fully saturated rings. The molecule has 22 heavy (non-hydrogen) atoms. The van der Waals surface area contributed by atoms with Gasteiger partial charge in [0.25, 0.3) is 0 Å². The number of aromatic nitrogens is 2. The van der Waals surface area contributed by atoms with Gasteiger partial charge in [-0.15, -0.1) is 0 Å². The highest BCUT2D eigenvalue weighted by atomic mass is 19.4. The van der Waals surface area contributed by atoms with Gasteiger partial charge in [0, 0.05) is 18.5 Å². The Morgan fingerprint density at radius 3 is 2.55 bits per heavy atom. The third-order valence-corrected chi connectivity index (χ3v) is 3.58. The van der Waals surface area contributed by atoms with Gasteiger partial charge in [0.2, 0.25) is 0 Å². The first-order valence-electron chi connectivity index (χ1n) is 7.01. The fourth-order valence-corrected chi connectivity index (χ4v) is 2.41. The molecular weight excluding hydrogens is 299 g/mol. The second-order valence-electron chi connectivity index (χ2n) is 6.86. The molecule has 1 aliphatic heterocycles. The van der Waals surface area contributed by atoms with Gasteiger partial charge >= 0.3 is 12.3 Å². The van der Waals surface area contributed by atoms with E-state index in [-0.39, 0.29) is 12.4 Å². The van der Waals surface area contributed by atoms with Gasteiger partial charge in [0.1, 0.15) is 17.1 Å². The van der Waals surface area contributed by atoms with Crippen molar-refractivity contribution in [3.05, 3.63) is 17.7 Å². The minimum Gasteiger partial charge on any atom is -0.444 e. The Morgan fingerprint density at radius 1 is 1.41 bits per heavy atom. The summed E-state index contributed by atoms with van der Waals surface area (Å²) in [4.78, 5) is 19.7. The fourth-order valence-electron chi connectivity index (χ4n) is 2.41. The third-order valence-electron chi connectivity index (χ3n) is 3.58. The molecule has 0 saturated carbocycles. The molecule has 1 amide bonds. The first-order chi connectivity index (χ1) is 9.91. The van der Waals surface area contributed by atoms with E-state index in [0.717, 1.165) is 6.20 Å². The zero-order chi connectivity index (χ0) is 16.8. The summed E-state index contributed by atoms with van der Waals surface area (Å²) < 4.78 is 43.2. The van der Waals surface area contributed by atoms with E-state index in [1.54, 1.807) is 27.7 Å². The van der Waals surface area contributed by atoms with E-state index >= 15 is 0 Å². The Morgan fingerprint density at radius 2 is 2.05 bits per heavy atom. The lowest BCUT2D eigenvalue weighted by molar-refractivity contribution is -0.141. The Balaban J connectivity index is 2.10.